The van der Waals surface area contributed by atoms with Crippen LogP contribution in [0.2, 0.25) is 0 Å². The summed E-state index contributed by atoms with van der Waals surface area (Å²) in [7, 11) is 7.46. The lowest BCUT2D eigenvalue weighted by atomic mass is 9.94. The van der Waals surface area contributed by atoms with Gasteiger partial charge in [0.15, 0.2) is 5.78 Å². The zero-order chi connectivity index (χ0) is 90.9. The molecule has 1 aliphatic rings. The molecule has 0 fully saturated rings. The lowest BCUT2D eigenvalue weighted by Crippen LogP contribution is -2.41. The van der Waals surface area contributed by atoms with E-state index >= 15 is 0 Å². The van der Waals surface area contributed by atoms with Crippen LogP contribution in [-0.2, 0) is 124 Å². The Labute approximate surface area is 748 Å². The third kappa shape index (κ3) is 61.9. The molecule has 0 heterocycles. The fraction of sp³-hybridized carbons (Fsp3) is 0.769. The highest BCUT2D eigenvalue weighted by Crippen LogP contribution is 2.44. The Morgan fingerprint density at radius 3 is 0.952 bits per heavy atom. The quantitative estimate of drug-likeness (QED) is 0.0300. The van der Waals surface area contributed by atoms with Crippen LogP contribution in [0.25, 0.3) is 11.1 Å². The van der Waals surface area contributed by atoms with Crippen LogP contribution < -0.4 is 42.5 Å². The Bertz CT molecular complexity index is 3050. The number of ketones is 3. The molecule has 1 aliphatic carbocycles. The Hall–Kier alpha value is -6.53. The minimum absolute atomic E-state index is 0.0376. The van der Waals surface area contributed by atoms with Gasteiger partial charge in [-0.2, -0.15) is 0 Å². The zero-order valence-corrected chi connectivity index (χ0v) is 76.2. The number of hydrogen-bond donors (Lipinski definition) is 9. The first-order valence-corrected chi connectivity index (χ1v) is 45.8. The average Bonchev–Trinajstić information content (AvgIpc) is 1.62. The molecule has 0 radical (unpaired) electrons. The van der Waals surface area contributed by atoms with Crippen LogP contribution in [0.3, 0.4) is 0 Å². The Morgan fingerprint density at radius 2 is 0.603 bits per heavy atom. The highest BCUT2D eigenvalue weighted by atomic mass is 16.6. The maximum atomic E-state index is 13.3. The van der Waals surface area contributed by atoms with E-state index in [-0.39, 0.29) is 157 Å². The van der Waals surface area contributed by atoms with E-state index < -0.39 is 29.9 Å². The second-order valence-corrected chi connectivity index (χ2v) is 30.3. The van der Waals surface area contributed by atoms with Crippen LogP contribution in [0.4, 0.5) is 0 Å². The van der Waals surface area contributed by atoms with Crippen LogP contribution in [0.1, 0.15) is 158 Å². The molecular weight excluding hydrogens is 1640 g/mol. The molecule has 35 heteroatoms. The summed E-state index contributed by atoms with van der Waals surface area (Å²) in [4.78, 5) is 115. The van der Waals surface area contributed by atoms with Gasteiger partial charge in [0.2, 0.25) is 23.6 Å². The van der Waals surface area contributed by atoms with Gasteiger partial charge in [-0.05, 0) is 154 Å². The molecule has 0 saturated heterocycles. The van der Waals surface area contributed by atoms with E-state index in [0.717, 1.165) is 71.1 Å². The molecule has 3 rings (SSSR count). The number of benzene rings is 2. The summed E-state index contributed by atoms with van der Waals surface area (Å²) in [5, 5.41) is 33.0. The highest BCUT2D eigenvalue weighted by Gasteiger charge is 2.30. The first-order valence-electron chi connectivity index (χ1n) is 45.8. The van der Waals surface area contributed by atoms with Crippen molar-refractivity contribution in [2.45, 2.75) is 159 Å². The number of amides is 4. The molecular formula is C91H156N8O27. The fourth-order valence-corrected chi connectivity index (χ4v) is 13.3. The van der Waals surface area contributed by atoms with Crippen LogP contribution in [0.15, 0.2) is 48.5 Å². The number of ether oxygens (including phenoxy) is 17. The zero-order valence-electron chi connectivity index (χ0n) is 76.2. The summed E-state index contributed by atoms with van der Waals surface area (Å²) in [5.74, 6) is -3.29. The Kier molecular flexibility index (Phi) is 73.7. The predicted octanol–water partition coefficient (Wildman–Crippen LogP) is 5.29. The van der Waals surface area contributed by atoms with Crippen molar-refractivity contribution in [2.75, 3.05) is 285 Å². The molecule has 9 N–H and O–H groups in total. The number of fused-ring (bicyclic) bond motifs is 3. The normalized spacial score (nSPS) is 12.8. The van der Waals surface area contributed by atoms with E-state index in [0.29, 0.717) is 223 Å². The number of carboxylic acid groups (broad SMARTS) is 1. The second kappa shape index (κ2) is 81.7. The number of hydrogen-bond acceptors (Lipinski definition) is 30. The SMILES string of the molecule is CNCCCCC(CC(=O)CCOCCOCCOCCOCCCC(=O)C(CCCCNC)NC(=O)CCOCCOCCOCCOCCNC(=O)C(CCCCNC)CC(=O)CCOCCOCCOCCOCCCC(=O)OCC1c2ccccc2-c2ccccc21)C(=O)NCCOCCOCCOCCOCCC(=O)NC(CCCCNC)C(=O)O. The fourth-order valence-electron chi connectivity index (χ4n) is 13.3. The molecule has 0 aromatic heterocycles. The van der Waals surface area contributed by atoms with Crippen molar-refractivity contribution < 1.29 is 129 Å². The van der Waals surface area contributed by atoms with Gasteiger partial charge in [0, 0.05) is 95.4 Å². The molecule has 0 bridgehead atoms. The van der Waals surface area contributed by atoms with Crippen molar-refractivity contribution in [2.24, 2.45) is 11.8 Å². The van der Waals surface area contributed by atoms with E-state index in [4.69, 9.17) is 80.5 Å². The van der Waals surface area contributed by atoms with Crippen LogP contribution >= 0.6 is 0 Å². The number of aliphatic carboxylic acids is 1. The molecule has 0 spiro atoms. The summed E-state index contributed by atoms with van der Waals surface area (Å²) >= 11 is 0. The van der Waals surface area contributed by atoms with Crippen LogP contribution in [0, 0.1) is 11.8 Å². The lowest BCUT2D eigenvalue weighted by molar-refractivity contribution is -0.144. The topological polar surface area (TPSA) is 427 Å². The van der Waals surface area contributed by atoms with Gasteiger partial charge in [-0.15, -0.1) is 0 Å². The number of unbranched alkanes of at least 4 members (excludes halogenated alkanes) is 4. The van der Waals surface area contributed by atoms with Crippen molar-refractivity contribution in [3.05, 3.63) is 59.7 Å². The first-order chi connectivity index (χ1) is 61.7. The van der Waals surface area contributed by atoms with Crippen molar-refractivity contribution in [3.8, 4) is 11.1 Å². The van der Waals surface area contributed by atoms with Crippen LogP contribution in [0.5, 0.6) is 0 Å². The maximum absolute atomic E-state index is 13.3. The molecule has 126 heavy (non-hydrogen) atoms. The van der Waals surface area contributed by atoms with Gasteiger partial charge in [-0.1, -0.05) is 61.4 Å². The van der Waals surface area contributed by atoms with Crippen molar-refractivity contribution in [1.29, 1.82) is 0 Å². The van der Waals surface area contributed by atoms with Gasteiger partial charge in [0.25, 0.3) is 0 Å². The molecule has 0 saturated carbocycles. The number of esters is 1. The van der Waals surface area contributed by atoms with E-state index in [1.54, 1.807) is 0 Å². The molecule has 4 atom stereocenters. The van der Waals surface area contributed by atoms with Gasteiger partial charge < -0.3 is 128 Å². The van der Waals surface area contributed by atoms with Gasteiger partial charge in [-0.25, -0.2) is 4.79 Å². The number of carbonyl (C=O) groups excluding carboxylic acids is 8. The number of Topliss-reactive ketones (excluding diaryl/α,β-unsaturated/α-hetero) is 3. The monoisotopic (exact) mass is 1790 g/mol. The lowest BCUT2D eigenvalue weighted by Gasteiger charge is -2.18. The predicted molar refractivity (Wildman–Crippen MR) is 475 cm³/mol. The van der Waals surface area contributed by atoms with E-state index in [1.807, 2.05) is 52.5 Å². The Morgan fingerprint density at radius 1 is 0.310 bits per heavy atom. The minimum Gasteiger partial charge on any atom is -0.480 e. The molecule has 4 amide bonds. The first kappa shape index (κ1) is 114. The van der Waals surface area contributed by atoms with Crippen molar-refractivity contribution in [3.63, 3.8) is 0 Å². The van der Waals surface area contributed by atoms with E-state index in [1.165, 1.54) is 22.3 Å². The second-order valence-electron chi connectivity index (χ2n) is 30.3. The largest absolute Gasteiger partial charge is 0.480 e. The third-order valence-corrected chi connectivity index (χ3v) is 20.2. The Balaban J connectivity index is 1.09. The molecule has 35 nitrogen and oxygen atoms in total. The summed E-state index contributed by atoms with van der Waals surface area (Å²) < 4.78 is 95.4. The average molecular weight is 1790 g/mol. The summed E-state index contributed by atoms with van der Waals surface area (Å²) in [5.41, 5.74) is 4.77. The van der Waals surface area contributed by atoms with Gasteiger partial charge in [0.05, 0.1) is 204 Å². The van der Waals surface area contributed by atoms with Gasteiger partial charge >= 0.3 is 11.9 Å². The number of carbonyl (C=O) groups is 9. The number of carboxylic acids is 1. The standard InChI is InChI=1S/C91H156N8O27/c1-92-33-13-9-19-74(89(106)97-38-46-117-54-62-125-70-68-123-60-52-115-44-32-87(104)99-84(91(108)109)26-12-16-36-95-4)71-76(100)29-41-112-49-57-120-65-63-118-55-47-110-39-17-27-85(102)83(25-11-15-35-94-3)98-86(103)31-43-114-51-59-122-67-69-124-61-53-116-45-37-96-90(107)75(20-10-14-34-93-2)72-77(101)30-42-113-50-58-121-66-64-119-56-48-111-40-18-28-88(105)126-73-82-80-23-7-5-21-78(80)79-22-6-8-24-81(79)82/h5-8,21-24,74-75,82-84,92-95H,9-20,25-73H2,1-4H3,(H,96,107)(H,97,106)(H,98,103)(H,99,104)(H,108,109). The summed E-state index contributed by atoms with van der Waals surface area (Å²) in [6.07, 6.45) is 11.0. The van der Waals surface area contributed by atoms with E-state index in [9.17, 15) is 48.3 Å². The van der Waals surface area contributed by atoms with Gasteiger partial charge in [-0.3, -0.25) is 38.4 Å². The van der Waals surface area contributed by atoms with Gasteiger partial charge in [0.1, 0.15) is 24.2 Å². The minimum atomic E-state index is -1.05. The van der Waals surface area contributed by atoms with Crippen LogP contribution in [-0.4, -0.2) is 356 Å². The highest BCUT2D eigenvalue weighted by molar-refractivity contribution is 5.90. The molecule has 722 valence electrons. The maximum Gasteiger partial charge on any atom is 0.326 e. The van der Waals surface area contributed by atoms with E-state index in [2.05, 4.69) is 66.8 Å². The number of rotatable bonds is 94. The third-order valence-electron chi connectivity index (χ3n) is 20.2. The molecule has 2 aromatic rings. The molecule has 0 aliphatic heterocycles. The summed E-state index contributed by atoms with van der Waals surface area (Å²) in [6.45, 7) is 14.4. The molecule has 2 aromatic carbocycles. The number of nitrogens with one attached hydrogen (secondary N) is 8. The summed E-state index contributed by atoms with van der Waals surface area (Å²) in [6, 6.07) is 15.0. The van der Waals surface area contributed by atoms with Crippen molar-refractivity contribution >= 4 is 52.9 Å². The smallest absolute Gasteiger partial charge is 0.326 e. The van der Waals surface area contributed by atoms with Crippen molar-refractivity contribution in [1.82, 2.24) is 42.5 Å². The molecule has 4 unspecified atom stereocenters.